The highest BCUT2D eigenvalue weighted by Gasteiger charge is 2.40. The fourth-order valence-electron chi connectivity index (χ4n) is 3.50. The van der Waals surface area contributed by atoms with Gasteiger partial charge >= 0.3 is 0 Å². The van der Waals surface area contributed by atoms with E-state index in [-0.39, 0.29) is 24.3 Å². The SMILES string of the molecule is COCC(=O)N1CC(c2cccnc2)C(c2nc(-c3ccccc3)no2)C1. The molecular formula is C20H20N4O3. The highest BCUT2D eigenvalue weighted by molar-refractivity contribution is 5.78. The van der Waals surface area contributed by atoms with Crippen LogP contribution in [-0.4, -0.2) is 52.7 Å². The van der Waals surface area contributed by atoms with Crippen LogP contribution < -0.4 is 0 Å². The molecular weight excluding hydrogens is 344 g/mol. The molecule has 0 aliphatic carbocycles. The summed E-state index contributed by atoms with van der Waals surface area (Å²) in [4.78, 5) is 23.0. The fraction of sp³-hybridized carbons (Fsp3) is 0.300. The number of methoxy groups -OCH3 is 1. The summed E-state index contributed by atoms with van der Waals surface area (Å²) in [7, 11) is 1.52. The van der Waals surface area contributed by atoms with Crippen LogP contribution in [0.15, 0.2) is 59.4 Å². The van der Waals surface area contributed by atoms with Crippen molar-refractivity contribution < 1.29 is 14.1 Å². The number of rotatable bonds is 5. The minimum atomic E-state index is -0.0834. The van der Waals surface area contributed by atoms with Gasteiger partial charge in [0.25, 0.3) is 0 Å². The number of pyridine rings is 1. The molecule has 7 heteroatoms. The average Bonchev–Trinajstić information content (AvgIpc) is 3.37. The maximum absolute atomic E-state index is 12.3. The number of aromatic nitrogens is 3. The third kappa shape index (κ3) is 3.59. The predicted molar refractivity (Wildman–Crippen MR) is 97.9 cm³/mol. The molecule has 1 fully saturated rings. The summed E-state index contributed by atoms with van der Waals surface area (Å²) in [5.41, 5.74) is 1.95. The van der Waals surface area contributed by atoms with Gasteiger partial charge in [0.2, 0.25) is 17.6 Å². The van der Waals surface area contributed by atoms with Gasteiger partial charge in [-0.15, -0.1) is 0 Å². The summed E-state index contributed by atoms with van der Waals surface area (Å²) < 4.78 is 10.6. The molecule has 0 saturated carbocycles. The smallest absolute Gasteiger partial charge is 0.248 e. The first-order chi connectivity index (χ1) is 13.3. The number of benzene rings is 1. The molecule has 0 bridgehead atoms. The van der Waals surface area contributed by atoms with E-state index in [1.165, 1.54) is 7.11 Å². The van der Waals surface area contributed by atoms with Crippen molar-refractivity contribution in [2.75, 3.05) is 26.8 Å². The summed E-state index contributed by atoms with van der Waals surface area (Å²) in [5.74, 6) is 1.01. The van der Waals surface area contributed by atoms with Crippen LogP contribution in [0, 0.1) is 0 Å². The van der Waals surface area contributed by atoms with Gasteiger partial charge in [-0.1, -0.05) is 41.6 Å². The number of carbonyl (C=O) groups excluding carboxylic acids is 1. The van der Waals surface area contributed by atoms with E-state index >= 15 is 0 Å². The number of nitrogens with zero attached hydrogens (tertiary/aromatic N) is 4. The van der Waals surface area contributed by atoms with Crippen LogP contribution in [-0.2, 0) is 9.53 Å². The van der Waals surface area contributed by atoms with Crippen LogP contribution >= 0.6 is 0 Å². The molecule has 7 nitrogen and oxygen atoms in total. The second kappa shape index (κ2) is 7.67. The molecule has 4 rings (SSSR count). The van der Waals surface area contributed by atoms with E-state index in [4.69, 9.17) is 9.26 Å². The molecule has 2 unspecified atom stereocenters. The van der Waals surface area contributed by atoms with Crippen molar-refractivity contribution in [2.45, 2.75) is 11.8 Å². The van der Waals surface area contributed by atoms with Crippen molar-refractivity contribution in [1.29, 1.82) is 0 Å². The standard InChI is InChI=1S/C20H20N4O3/c1-26-13-18(25)24-11-16(15-8-5-9-21-10-15)17(12-24)20-22-19(23-27-20)14-6-3-2-4-7-14/h2-10,16-17H,11-13H2,1H3. The van der Waals surface area contributed by atoms with Crippen molar-refractivity contribution in [3.8, 4) is 11.4 Å². The Bertz CT molecular complexity index is 898. The highest BCUT2D eigenvalue weighted by Crippen LogP contribution is 2.39. The summed E-state index contributed by atoms with van der Waals surface area (Å²) in [6, 6.07) is 13.6. The Morgan fingerprint density at radius 2 is 2.00 bits per heavy atom. The van der Waals surface area contributed by atoms with Crippen LogP contribution in [0.4, 0.5) is 0 Å². The number of ether oxygens (including phenoxy) is 1. The van der Waals surface area contributed by atoms with Gasteiger partial charge in [0.1, 0.15) is 6.61 Å². The lowest BCUT2D eigenvalue weighted by Crippen LogP contribution is -2.31. The van der Waals surface area contributed by atoms with Crippen LogP contribution in [0.3, 0.4) is 0 Å². The normalized spacial score (nSPS) is 19.4. The monoisotopic (exact) mass is 364 g/mol. The van der Waals surface area contributed by atoms with Crippen LogP contribution in [0.5, 0.6) is 0 Å². The van der Waals surface area contributed by atoms with E-state index in [1.54, 1.807) is 11.1 Å². The first kappa shape index (κ1) is 17.4. The van der Waals surface area contributed by atoms with E-state index < -0.39 is 0 Å². The molecule has 1 saturated heterocycles. The molecule has 2 aromatic heterocycles. The second-order valence-electron chi connectivity index (χ2n) is 6.55. The summed E-state index contributed by atoms with van der Waals surface area (Å²) in [6.07, 6.45) is 3.57. The number of amides is 1. The van der Waals surface area contributed by atoms with Gasteiger partial charge < -0.3 is 14.2 Å². The third-order valence-electron chi connectivity index (χ3n) is 4.84. The van der Waals surface area contributed by atoms with Gasteiger partial charge in [-0.05, 0) is 11.6 Å². The first-order valence-corrected chi connectivity index (χ1v) is 8.82. The predicted octanol–water partition coefficient (Wildman–Crippen LogP) is 2.49. The number of hydrogen-bond acceptors (Lipinski definition) is 6. The minimum Gasteiger partial charge on any atom is -0.375 e. The number of carbonyl (C=O) groups is 1. The maximum atomic E-state index is 12.3. The van der Waals surface area contributed by atoms with Crippen LogP contribution in [0.2, 0.25) is 0 Å². The number of hydrogen-bond donors (Lipinski definition) is 0. The molecule has 1 aliphatic heterocycles. The molecule has 1 aromatic carbocycles. The van der Waals surface area contributed by atoms with Gasteiger partial charge in [-0.3, -0.25) is 9.78 Å². The van der Waals surface area contributed by atoms with Crippen molar-refractivity contribution in [3.05, 3.63) is 66.3 Å². The van der Waals surface area contributed by atoms with E-state index in [2.05, 4.69) is 15.1 Å². The Labute approximate surface area is 157 Å². The van der Waals surface area contributed by atoms with Crippen molar-refractivity contribution in [3.63, 3.8) is 0 Å². The molecule has 0 radical (unpaired) electrons. The fourth-order valence-corrected chi connectivity index (χ4v) is 3.50. The topological polar surface area (TPSA) is 81.4 Å². The molecule has 1 amide bonds. The maximum Gasteiger partial charge on any atom is 0.248 e. The Kier molecular flexibility index (Phi) is 4.93. The van der Waals surface area contributed by atoms with Crippen LogP contribution in [0.25, 0.3) is 11.4 Å². The third-order valence-corrected chi connectivity index (χ3v) is 4.84. The van der Waals surface area contributed by atoms with E-state index in [0.717, 1.165) is 11.1 Å². The zero-order chi connectivity index (χ0) is 18.6. The lowest BCUT2D eigenvalue weighted by molar-refractivity contribution is -0.134. The Balaban J connectivity index is 1.64. The Morgan fingerprint density at radius 1 is 1.19 bits per heavy atom. The molecule has 138 valence electrons. The van der Waals surface area contributed by atoms with Crippen LogP contribution in [0.1, 0.15) is 23.3 Å². The first-order valence-electron chi connectivity index (χ1n) is 8.82. The zero-order valence-electron chi connectivity index (χ0n) is 15.0. The molecule has 1 aliphatic rings. The largest absolute Gasteiger partial charge is 0.375 e. The zero-order valence-corrected chi connectivity index (χ0v) is 15.0. The van der Waals surface area contributed by atoms with E-state index in [0.29, 0.717) is 24.8 Å². The lowest BCUT2D eigenvalue weighted by Gasteiger charge is -2.15. The van der Waals surface area contributed by atoms with Crippen molar-refractivity contribution in [1.82, 2.24) is 20.0 Å². The van der Waals surface area contributed by atoms with Gasteiger partial charge in [0.15, 0.2) is 0 Å². The molecule has 0 N–H and O–H groups in total. The minimum absolute atomic E-state index is 0.0447. The Morgan fingerprint density at radius 3 is 2.74 bits per heavy atom. The van der Waals surface area contributed by atoms with E-state index in [9.17, 15) is 4.79 Å². The van der Waals surface area contributed by atoms with Gasteiger partial charge in [0, 0.05) is 44.1 Å². The summed E-state index contributed by atoms with van der Waals surface area (Å²) in [6.45, 7) is 1.14. The highest BCUT2D eigenvalue weighted by atomic mass is 16.5. The average molecular weight is 364 g/mol. The summed E-state index contributed by atoms with van der Waals surface area (Å²) >= 11 is 0. The van der Waals surface area contributed by atoms with Crippen molar-refractivity contribution in [2.24, 2.45) is 0 Å². The molecule has 27 heavy (non-hydrogen) atoms. The number of likely N-dealkylation sites (tertiary alicyclic amines) is 1. The molecule has 3 heterocycles. The quantitative estimate of drug-likeness (QED) is 0.692. The molecule has 3 aromatic rings. The Hall–Kier alpha value is -3.06. The lowest BCUT2D eigenvalue weighted by atomic mass is 9.90. The summed E-state index contributed by atoms with van der Waals surface area (Å²) in [5, 5.41) is 4.14. The van der Waals surface area contributed by atoms with E-state index in [1.807, 2.05) is 48.7 Å². The molecule has 2 atom stereocenters. The van der Waals surface area contributed by atoms with Gasteiger partial charge in [-0.2, -0.15) is 4.98 Å². The molecule has 0 spiro atoms. The van der Waals surface area contributed by atoms with Gasteiger partial charge in [-0.25, -0.2) is 0 Å². The second-order valence-corrected chi connectivity index (χ2v) is 6.55. The van der Waals surface area contributed by atoms with Gasteiger partial charge in [0.05, 0.1) is 5.92 Å². The van der Waals surface area contributed by atoms with Crippen molar-refractivity contribution >= 4 is 5.91 Å².